The second-order valence-corrected chi connectivity index (χ2v) is 12.8. The summed E-state index contributed by atoms with van der Waals surface area (Å²) < 4.78 is 40.1. The predicted molar refractivity (Wildman–Crippen MR) is 147 cm³/mol. The van der Waals surface area contributed by atoms with Crippen LogP contribution in [0.25, 0.3) is 0 Å². The van der Waals surface area contributed by atoms with Gasteiger partial charge in [0.25, 0.3) is 0 Å². The maximum absolute atomic E-state index is 15.9. The third-order valence-corrected chi connectivity index (χ3v) is 10.8. The highest BCUT2D eigenvalue weighted by molar-refractivity contribution is 7.79. The van der Waals surface area contributed by atoms with Crippen molar-refractivity contribution in [2.45, 2.75) is 44.6 Å². The first-order valence-corrected chi connectivity index (χ1v) is 13.8. The Kier molecular flexibility index (Phi) is 7.25. The van der Waals surface area contributed by atoms with E-state index in [1.165, 1.54) is 0 Å². The molecule has 188 valence electrons. The van der Waals surface area contributed by atoms with Gasteiger partial charge in [0.2, 0.25) is 0 Å². The third-order valence-electron chi connectivity index (χ3n) is 7.27. The normalized spacial score (nSPS) is 17.4. The van der Waals surface area contributed by atoms with Crippen molar-refractivity contribution < 1.29 is 23.3 Å². The van der Waals surface area contributed by atoms with Crippen LogP contribution in [0, 0.1) is 0 Å². The highest BCUT2D eigenvalue weighted by Gasteiger charge is 2.55. The summed E-state index contributed by atoms with van der Waals surface area (Å²) in [5, 5.41) is 1.17. The van der Waals surface area contributed by atoms with Crippen LogP contribution in [0.3, 0.4) is 0 Å². The molecular formula is C29H34BO5P. The van der Waals surface area contributed by atoms with Crippen LogP contribution in [0.1, 0.15) is 38.9 Å². The molecule has 3 aromatic rings. The Morgan fingerprint density at radius 1 is 0.778 bits per heavy atom. The highest BCUT2D eigenvalue weighted by atomic mass is 31.2. The number of benzene rings is 3. The minimum Gasteiger partial charge on any atom is -0.496 e. The molecule has 7 heteroatoms. The first-order valence-electron chi connectivity index (χ1n) is 12.0. The quantitative estimate of drug-likeness (QED) is 0.281. The summed E-state index contributed by atoms with van der Waals surface area (Å²) >= 11 is 0. The number of para-hydroxylation sites is 2. The van der Waals surface area contributed by atoms with Crippen LogP contribution in [-0.2, 0) is 13.9 Å². The van der Waals surface area contributed by atoms with Crippen molar-refractivity contribution in [1.29, 1.82) is 0 Å². The van der Waals surface area contributed by atoms with Crippen LogP contribution >= 0.6 is 7.14 Å². The lowest BCUT2D eigenvalue weighted by Crippen LogP contribution is -2.41. The maximum atomic E-state index is 15.9. The molecule has 0 bridgehead atoms. The van der Waals surface area contributed by atoms with Crippen LogP contribution in [0.5, 0.6) is 11.5 Å². The van der Waals surface area contributed by atoms with E-state index in [1.807, 2.05) is 107 Å². The highest BCUT2D eigenvalue weighted by Crippen LogP contribution is 2.63. The molecule has 5 nitrogen and oxygen atoms in total. The number of hydrogen-bond donors (Lipinski definition) is 0. The van der Waals surface area contributed by atoms with E-state index >= 15 is 4.57 Å². The molecule has 3 aromatic carbocycles. The van der Waals surface area contributed by atoms with Gasteiger partial charge in [-0.1, -0.05) is 54.6 Å². The summed E-state index contributed by atoms with van der Waals surface area (Å²) in [4.78, 5) is 0. The van der Waals surface area contributed by atoms with E-state index in [1.54, 1.807) is 14.2 Å². The largest absolute Gasteiger partial charge is 0.496 e. The first-order chi connectivity index (χ1) is 17.1. The summed E-state index contributed by atoms with van der Waals surface area (Å²) in [6.07, 6.45) is 0. The fraction of sp³-hybridized carbons (Fsp3) is 0.310. The van der Waals surface area contributed by atoms with E-state index in [9.17, 15) is 0 Å². The zero-order valence-corrected chi connectivity index (χ0v) is 22.8. The number of allylic oxidation sites excluding steroid dienone is 1. The van der Waals surface area contributed by atoms with E-state index in [-0.39, 0.29) is 0 Å². The van der Waals surface area contributed by atoms with Crippen LogP contribution < -0.4 is 20.1 Å². The lowest BCUT2D eigenvalue weighted by molar-refractivity contribution is 0.00578. The van der Waals surface area contributed by atoms with Crippen molar-refractivity contribution in [1.82, 2.24) is 0 Å². The molecule has 0 spiro atoms. The van der Waals surface area contributed by atoms with Gasteiger partial charge in [-0.2, -0.15) is 0 Å². The molecular weight excluding hydrogens is 470 g/mol. The standard InChI is InChI=1S/C29H34BO5P/c1-21(30-34-28(2,3)29(4,5)35-30)27(22-15-9-8-10-16-22)36(31,25-19-13-11-17-23(25)32-6)26-20-14-12-18-24(26)33-7/h8-20,27H,1H2,2-7H3. The van der Waals surface area contributed by atoms with Crippen LogP contribution in [0.2, 0.25) is 0 Å². The lowest BCUT2D eigenvalue weighted by Gasteiger charge is -2.33. The topological polar surface area (TPSA) is 54.0 Å². The van der Waals surface area contributed by atoms with Gasteiger partial charge in [-0.15, -0.1) is 6.58 Å². The molecule has 1 unspecified atom stereocenters. The number of ether oxygens (including phenoxy) is 2. The SMILES string of the molecule is C=C(B1OC(C)(C)C(C)(C)O1)C(c1ccccc1)P(=O)(c1ccccc1OC)c1ccccc1OC. The monoisotopic (exact) mass is 504 g/mol. The Morgan fingerprint density at radius 2 is 1.19 bits per heavy atom. The number of hydrogen-bond acceptors (Lipinski definition) is 5. The van der Waals surface area contributed by atoms with E-state index < -0.39 is 31.1 Å². The van der Waals surface area contributed by atoms with Crippen LogP contribution in [0.4, 0.5) is 0 Å². The Labute approximate surface area is 215 Å². The molecule has 1 saturated heterocycles. The third kappa shape index (κ3) is 4.43. The van der Waals surface area contributed by atoms with Gasteiger partial charge in [-0.3, -0.25) is 0 Å². The smallest absolute Gasteiger partial charge is 0.491 e. The summed E-state index contributed by atoms with van der Waals surface area (Å²) in [5.41, 5.74) is -0.375. The molecule has 1 heterocycles. The van der Waals surface area contributed by atoms with Gasteiger partial charge in [0.15, 0.2) is 7.14 Å². The molecule has 1 aliphatic heterocycles. The second kappa shape index (κ2) is 9.93. The van der Waals surface area contributed by atoms with E-state index in [2.05, 4.69) is 6.58 Å². The van der Waals surface area contributed by atoms with Gasteiger partial charge in [-0.25, -0.2) is 0 Å². The Morgan fingerprint density at radius 3 is 1.64 bits per heavy atom. The van der Waals surface area contributed by atoms with Crippen molar-refractivity contribution in [3.63, 3.8) is 0 Å². The molecule has 0 saturated carbocycles. The minimum atomic E-state index is -3.57. The van der Waals surface area contributed by atoms with Crippen LogP contribution in [-0.4, -0.2) is 32.5 Å². The van der Waals surface area contributed by atoms with Gasteiger partial charge >= 0.3 is 7.12 Å². The molecule has 1 atom stereocenters. The molecule has 1 aliphatic rings. The molecule has 0 aliphatic carbocycles. The van der Waals surface area contributed by atoms with Gasteiger partial charge in [-0.05, 0) is 63.0 Å². The Balaban J connectivity index is 2.02. The summed E-state index contributed by atoms with van der Waals surface area (Å²) in [7, 11) is -1.14. The van der Waals surface area contributed by atoms with Crippen molar-refractivity contribution in [3.8, 4) is 11.5 Å². The van der Waals surface area contributed by atoms with E-state index in [0.717, 1.165) is 5.56 Å². The van der Waals surface area contributed by atoms with Crippen molar-refractivity contribution in [2.75, 3.05) is 14.2 Å². The summed E-state index contributed by atoms with van der Waals surface area (Å²) in [6.45, 7) is 12.5. The first kappa shape index (κ1) is 26.3. The number of methoxy groups -OCH3 is 2. The van der Waals surface area contributed by atoms with Gasteiger partial charge in [0, 0.05) is 0 Å². The average molecular weight is 504 g/mol. The summed E-state index contributed by atoms with van der Waals surface area (Å²) in [6, 6.07) is 24.6. The van der Waals surface area contributed by atoms with Gasteiger partial charge < -0.3 is 23.3 Å². The zero-order chi connectivity index (χ0) is 26.1. The second-order valence-electron chi connectivity index (χ2n) is 9.98. The maximum Gasteiger partial charge on any atom is 0.491 e. The van der Waals surface area contributed by atoms with E-state index in [4.69, 9.17) is 18.8 Å². The van der Waals surface area contributed by atoms with Gasteiger partial charge in [0.1, 0.15) is 11.5 Å². The van der Waals surface area contributed by atoms with Crippen molar-refractivity contribution >= 4 is 24.9 Å². The van der Waals surface area contributed by atoms with Gasteiger partial charge in [0.05, 0.1) is 41.7 Å². The van der Waals surface area contributed by atoms with Crippen molar-refractivity contribution in [3.05, 3.63) is 96.5 Å². The molecule has 0 N–H and O–H groups in total. The Bertz CT molecular complexity index is 1220. The molecule has 0 aromatic heterocycles. The Hall–Kier alpha value is -2.79. The molecule has 0 amide bonds. The minimum absolute atomic E-state index is 0.536. The predicted octanol–water partition coefficient (Wildman–Crippen LogP) is 5.95. The van der Waals surface area contributed by atoms with E-state index in [0.29, 0.717) is 27.6 Å². The lowest BCUT2D eigenvalue weighted by atomic mass is 9.75. The summed E-state index contributed by atoms with van der Waals surface area (Å²) in [5.74, 6) is 1.07. The molecule has 1 fully saturated rings. The van der Waals surface area contributed by atoms with Crippen LogP contribution in [0.15, 0.2) is 90.9 Å². The molecule has 36 heavy (non-hydrogen) atoms. The zero-order valence-electron chi connectivity index (χ0n) is 21.9. The average Bonchev–Trinajstić information content (AvgIpc) is 3.11. The fourth-order valence-corrected chi connectivity index (χ4v) is 8.23. The molecule has 0 radical (unpaired) electrons. The fourth-order valence-electron chi connectivity index (χ4n) is 4.63. The van der Waals surface area contributed by atoms with Crippen molar-refractivity contribution in [2.24, 2.45) is 0 Å². The molecule has 4 rings (SSSR count). The number of rotatable bonds is 8.